The number of aliphatic hydroxyl groups is 1. The van der Waals surface area contributed by atoms with Gasteiger partial charge in [-0.1, -0.05) is 0 Å². The van der Waals surface area contributed by atoms with E-state index in [0.717, 1.165) is 5.69 Å². The van der Waals surface area contributed by atoms with Crippen molar-refractivity contribution in [3.63, 3.8) is 0 Å². The van der Waals surface area contributed by atoms with E-state index in [9.17, 15) is 10.1 Å². The number of rotatable bonds is 4. The number of hydrogen-bond donors (Lipinski definition) is 2. The summed E-state index contributed by atoms with van der Waals surface area (Å²) in [5, 5.41) is 22.4. The first-order chi connectivity index (χ1) is 7.04. The molecule has 0 aliphatic rings. The van der Waals surface area contributed by atoms with Gasteiger partial charge in [0, 0.05) is 23.4 Å². The van der Waals surface area contributed by atoms with Gasteiger partial charge in [0.05, 0.1) is 11.5 Å². The van der Waals surface area contributed by atoms with Gasteiger partial charge in [-0.2, -0.15) is 0 Å². The Hall–Kier alpha value is -1.62. The smallest absolute Gasteiger partial charge is 0.272 e. The first-order valence-corrected chi connectivity index (χ1v) is 4.67. The van der Waals surface area contributed by atoms with Gasteiger partial charge in [0.25, 0.3) is 5.69 Å². The quantitative estimate of drug-likeness (QED) is 0.585. The number of nitro groups is 1. The van der Waals surface area contributed by atoms with Gasteiger partial charge in [0.1, 0.15) is 0 Å². The Labute approximate surface area is 87.9 Å². The zero-order valence-corrected chi connectivity index (χ0v) is 8.73. The molecule has 2 N–H and O–H groups in total. The van der Waals surface area contributed by atoms with Gasteiger partial charge >= 0.3 is 0 Å². The molecule has 0 saturated carbocycles. The molecule has 0 aliphatic heterocycles. The highest BCUT2D eigenvalue weighted by Crippen LogP contribution is 2.21. The average molecular weight is 210 g/mol. The van der Waals surface area contributed by atoms with Crippen LogP contribution in [0.1, 0.15) is 12.5 Å². The Morgan fingerprint density at radius 2 is 2.27 bits per heavy atom. The van der Waals surface area contributed by atoms with E-state index in [0.29, 0.717) is 5.56 Å². The number of nitro benzene ring substituents is 1. The Bertz CT molecular complexity index is 366. The summed E-state index contributed by atoms with van der Waals surface area (Å²) in [6.07, 6.45) is 0. The molecule has 0 radical (unpaired) electrons. The van der Waals surface area contributed by atoms with Crippen molar-refractivity contribution in [3.05, 3.63) is 33.9 Å². The molecule has 5 heteroatoms. The zero-order chi connectivity index (χ0) is 11.4. The predicted molar refractivity (Wildman–Crippen MR) is 58.0 cm³/mol. The number of nitrogens with zero attached hydrogens (tertiary/aromatic N) is 1. The Kier molecular flexibility index (Phi) is 3.62. The second-order valence-electron chi connectivity index (χ2n) is 3.49. The van der Waals surface area contributed by atoms with E-state index in [1.54, 1.807) is 19.1 Å². The fourth-order valence-corrected chi connectivity index (χ4v) is 1.28. The minimum Gasteiger partial charge on any atom is -0.394 e. The maximum Gasteiger partial charge on any atom is 0.272 e. The van der Waals surface area contributed by atoms with Crippen molar-refractivity contribution in [2.45, 2.75) is 19.9 Å². The predicted octanol–water partition coefficient (Wildman–Crippen LogP) is 1.70. The monoisotopic (exact) mass is 210 g/mol. The number of aryl methyl sites for hydroxylation is 1. The molecule has 0 aromatic heterocycles. The number of hydrogen-bond acceptors (Lipinski definition) is 4. The second-order valence-corrected chi connectivity index (χ2v) is 3.49. The Morgan fingerprint density at radius 3 is 2.73 bits per heavy atom. The van der Waals surface area contributed by atoms with Crippen molar-refractivity contribution in [3.8, 4) is 0 Å². The Balaban J connectivity index is 2.87. The van der Waals surface area contributed by atoms with Crippen LogP contribution in [0.15, 0.2) is 18.2 Å². The molecule has 0 fully saturated rings. The van der Waals surface area contributed by atoms with E-state index < -0.39 is 4.92 Å². The zero-order valence-electron chi connectivity index (χ0n) is 8.73. The molecule has 1 atom stereocenters. The van der Waals surface area contributed by atoms with Crippen LogP contribution < -0.4 is 5.32 Å². The number of anilines is 1. The van der Waals surface area contributed by atoms with Crippen LogP contribution in [0.2, 0.25) is 0 Å². The highest BCUT2D eigenvalue weighted by Gasteiger charge is 2.10. The molecule has 82 valence electrons. The summed E-state index contributed by atoms with van der Waals surface area (Å²) < 4.78 is 0. The fourth-order valence-electron chi connectivity index (χ4n) is 1.28. The van der Waals surface area contributed by atoms with Gasteiger partial charge in [-0.3, -0.25) is 10.1 Å². The largest absolute Gasteiger partial charge is 0.394 e. The van der Waals surface area contributed by atoms with Crippen molar-refractivity contribution in [1.29, 1.82) is 0 Å². The maximum atomic E-state index is 10.6. The molecule has 0 saturated heterocycles. The minimum atomic E-state index is -0.408. The molecule has 0 spiro atoms. The first kappa shape index (κ1) is 11.5. The molecule has 0 amide bonds. The molecular formula is C10H14N2O3. The summed E-state index contributed by atoms with van der Waals surface area (Å²) in [5.74, 6) is 0. The van der Waals surface area contributed by atoms with Crippen molar-refractivity contribution < 1.29 is 10.0 Å². The highest BCUT2D eigenvalue weighted by molar-refractivity contribution is 5.53. The lowest BCUT2D eigenvalue weighted by Gasteiger charge is -2.12. The second kappa shape index (κ2) is 4.75. The van der Waals surface area contributed by atoms with Crippen LogP contribution in [0.3, 0.4) is 0 Å². The third-order valence-corrected chi connectivity index (χ3v) is 2.08. The summed E-state index contributed by atoms with van der Waals surface area (Å²) in [5.41, 5.74) is 1.49. The number of benzene rings is 1. The summed E-state index contributed by atoms with van der Waals surface area (Å²) in [7, 11) is 0. The van der Waals surface area contributed by atoms with Gasteiger partial charge in [0.2, 0.25) is 0 Å². The molecule has 1 aromatic carbocycles. The van der Waals surface area contributed by atoms with Crippen LogP contribution in [0.25, 0.3) is 0 Å². The molecule has 1 rings (SSSR count). The van der Waals surface area contributed by atoms with Gasteiger partial charge in [0.15, 0.2) is 0 Å². The van der Waals surface area contributed by atoms with E-state index >= 15 is 0 Å². The van der Waals surface area contributed by atoms with Crippen molar-refractivity contribution in [2.75, 3.05) is 11.9 Å². The molecule has 5 nitrogen and oxygen atoms in total. The van der Waals surface area contributed by atoms with E-state index in [2.05, 4.69) is 5.32 Å². The minimum absolute atomic E-state index is 0.0238. The number of nitrogens with one attached hydrogen (secondary N) is 1. The lowest BCUT2D eigenvalue weighted by atomic mass is 10.1. The van der Waals surface area contributed by atoms with Crippen LogP contribution in [0.5, 0.6) is 0 Å². The summed E-state index contributed by atoms with van der Waals surface area (Å²) in [6, 6.07) is 4.73. The van der Waals surface area contributed by atoms with Gasteiger partial charge < -0.3 is 10.4 Å². The van der Waals surface area contributed by atoms with Crippen LogP contribution in [0.4, 0.5) is 11.4 Å². The van der Waals surface area contributed by atoms with Crippen molar-refractivity contribution in [2.24, 2.45) is 0 Å². The van der Waals surface area contributed by atoms with E-state index in [4.69, 9.17) is 5.11 Å². The SMILES string of the molecule is Cc1cc(NC(C)CO)ccc1[N+](=O)[O-]. The Morgan fingerprint density at radius 1 is 1.60 bits per heavy atom. The van der Waals surface area contributed by atoms with Crippen LogP contribution in [-0.4, -0.2) is 22.7 Å². The first-order valence-electron chi connectivity index (χ1n) is 4.67. The molecule has 0 heterocycles. The van der Waals surface area contributed by atoms with E-state index in [1.165, 1.54) is 6.07 Å². The highest BCUT2D eigenvalue weighted by atomic mass is 16.6. The molecule has 1 aromatic rings. The fraction of sp³-hybridized carbons (Fsp3) is 0.400. The van der Waals surface area contributed by atoms with Crippen LogP contribution in [0, 0.1) is 17.0 Å². The number of aliphatic hydroxyl groups excluding tert-OH is 1. The summed E-state index contributed by atoms with van der Waals surface area (Å²) in [4.78, 5) is 10.1. The molecular weight excluding hydrogens is 196 g/mol. The summed E-state index contributed by atoms with van der Waals surface area (Å²) in [6.45, 7) is 3.54. The van der Waals surface area contributed by atoms with Gasteiger partial charge in [-0.15, -0.1) is 0 Å². The molecule has 1 unspecified atom stereocenters. The van der Waals surface area contributed by atoms with E-state index in [-0.39, 0.29) is 18.3 Å². The lowest BCUT2D eigenvalue weighted by molar-refractivity contribution is -0.385. The topological polar surface area (TPSA) is 75.4 Å². The average Bonchev–Trinajstić information content (AvgIpc) is 2.17. The molecule has 0 bridgehead atoms. The summed E-state index contributed by atoms with van der Waals surface area (Å²) >= 11 is 0. The van der Waals surface area contributed by atoms with Gasteiger partial charge in [-0.05, 0) is 26.0 Å². The third kappa shape index (κ3) is 2.92. The van der Waals surface area contributed by atoms with Crippen molar-refractivity contribution in [1.82, 2.24) is 0 Å². The standard InChI is InChI=1S/C10H14N2O3/c1-7-5-9(11-8(2)6-13)3-4-10(7)12(14)15/h3-5,8,11,13H,6H2,1-2H3. The van der Waals surface area contributed by atoms with Crippen molar-refractivity contribution >= 4 is 11.4 Å². The van der Waals surface area contributed by atoms with E-state index in [1.807, 2.05) is 6.92 Å². The molecule has 15 heavy (non-hydrogen) atoms. The van der Waals surface area contributed by atoms with Crippen LogP contribution >= 0.6 is 0 Å². The molecule has 0 aliphatic carbocycles. The normalized spacial score (nSPS) is 12.2. The van der Waals surface area contributed by atoms with Gasteiger partial charge in [-0.25, -0.2) is 0 Å². The third-order valence-electron chi connectivity index (χ3n) is 2.08. The van der Waals surface area contributed by atoms with Crippen LogP contribution in [-0.2, 0) is 0 Å². The maximum absolute atomic E-state index is 10.6. The lowest BCUT2D eigenvalue weighted by Crippen LogP contribution is -2.19.